The highest BCUT2D eigenvalue weighted by molar-refractivity contribution is 5.51. The highest BCUT2D eigenvalue weighted by Gasteiger charge is 2.17. The van der Waals surface area contributed by atoms with Crippen LogP contribution in [0.25, 0.3) is 11.4 Å². The first-order valence-corrected chi connectivity index (χ1v) is 7.57. The molecule has 0 radical (unpaired) electrons. The van der Waals surface area contributed by atoms with E-state index in [-0.39, 0.29) is 11.5 Å². The Morgan fingerprint density at radius 3 is 1.78 bits per heavy atom. The molecule has 2 N–H and O–H groups in total. The van der Waals surface area contributed by atoms with Crippen molar-refractivity contribution in [2.45, 2.75) is 27.7 Å². The van der Waals surface area contributed by atoms with Crippen molar-refractivity contribution in [3.8, 4) is 22.9 Å². The first-order chi connectivity index (χ1) is 10.9. The van der Waals surface area contributed by atoms with Gasteiger partial charge in [-0.25, -0.2) is 9.13 Å². The first-order valence-electron chi connectivity index (χ1n) is 7.57. The number of phenols is 2. The van der Waals surface area contributed by atoms with Crippen molar-refractivity contribution < 1.29 is 14.8 Å². The summed E-state index contributed by atoms with van der Waals surface area (Å²) in [5, 5.41) is 19.4. The quantitative estimate of drug-likeness (QED) is 0.713. The zero-order valence-electron chi connectivity index (χ0n) is 13.8. The first kappa shape index (κ1) is 15.2. The van der Waals surface area contributed by atoms with E-state index in [0.29, 0.717) is 0 Å². The Bertz CT molecular complexity index is 776. The van der Waals surface area contributed by atoms with Gasteiger partial charge in [-0.05, 0) is 52.0 Å². The fourth-order valence-corrected chi connectivity index (χ4v) is 3.30. The van der Waals surface area contributed by atoms with E-state index in [9.17, 15) is 10.2 Å². The van der Waals surface area contributed by atoms with Gasteiger partial charge in [-0.1, -0.05) is 0 Å². The van der Waals surface area contributed by atoms with Gasteiger partial charge in [0.25, 0.3) is 6.33 Å². The van der Waals surface area contributed by atoms with Gasteiger partial charge in [0.2, 0.25) is 0 Å². The summed E-state index contributed by atoms with van der Waals surface area (Å²) in [6.07, 6.45) is 6.01. The number of hydrogen-bond acceptors (Lipinski definition) is 2. The molecule has 2 aromatic carbocycles. The van der Waals surface area contributed by atoms with E-state index in [0.717, 1.165) is 33.6 Å². The van der Waals surface area contributed by atoms with Gasteiger partial charge < -0.3 is 10.2 Å². The molecule has 0 unspecified atom stereocenters. The number of nitrogens with zero attached hydrogens (tertiary/aromatic N) is 2. The molecule has 3 aromatic rings. The molecule has 23 heavy (non-hydrogen) atoms. The van der Waals surface area contributed by atoms with Crippen LogP contribution in [0.15, 0.2) is 43.0 Å². The van der Waals surface area contributed by atoms with Gasteiger partial charge in [0.05, 0.1) is 0 Å². The van der Waals surface area contributed by atoms with Crippen LogP contribution in [-0.4, -0.2) is 14.8 Å². The highest BCUT2D eigenvalue weighted by Crippen LogP contribution is 2.25. The SMILES string of the molecule is Cc1cc(O)cc(C)c1-n1cc[n+](-c2c(C)cc(O)cc2C)c1. The molecule has 0 spiro atoms. The second-order valence-electron chi connectivity index (χ2n) is 6.08. The van der Waals surface area contributed by atoms with Crippen LogP contribution in [0, 0.1) is 27.7 Å². The Balaban J connectivity index is 2.13. The smallest absolute Gasteiger partial charge is 0.254 e. The minimum Gasteiger partial charge on any atom is -0.508 e. The molecular formula is C19H21N2O2+. The fourth-order valence-electron chi connectivity index (χ4n) is 3.30. The molecule has 1 aromatic heterocycles. The molecular weight excluding hydrogens is 288 g/mol. The Labute approximate surface area is 135 Å². The maximum atomic E-state index is 9.71. The maximum absolute atomic E-state index is 9.71. The highest BCUT2D eigenvalue weighted by atomic mass is 16.3. The summed E-state index contributed by atoms with van der Waals surface area (Å²) in [6, 6.07) is 7.07. The molecule has 0 saturated heterocycles. The summed E-state index contributed by atoms with van der Waals surface area (Å²) >= 11 is 0. The lowest BCUT2D eigenvalue weighted by molar-refractivity contribution is -0.595. The van der Waals surface area contributed by atoms with Gasteiger partial charge in [0, 0.05) is 22.3 Å². The molecule has 1 heterocycles. The number of benzene rings is 2. The zero-order chi connectivity index (χ0) is 16.7. The average Bonchev–Trinajstić information content (AvgIpc) is 2.85. The van der Waals surface area contributed by atoms with Crippen molar-refractivity contribution in [3.05, 3.63) is 65.2 Å². The predicted octanol–water partition coefficient (Wildman–Crippen LogP) is 3.40. The van der Waals surface area contributed by atoms with Crippen LogP contribution < -0.4 is 4.57 Å². The van der Waals surface area contributed by atoms with E-state index in [1.807, 2.05) is 46.4 Å². The number of imidazole rings is 1. The fraction of sp³-hybridized carbons (Fsp3) is 0.211. The standard InChI is InChI=1S/C19H20N2O2/c1-12-7-16(22)8-13(2)18(12)20-5-6-21(11-20)19-14(3)9-17(23)10-15(19)4/h5-11H,1-4H3,(H-,22,23)/p+1. The van der Waals surface area contributed by atoms with Gasteiger partial charge in [0.1, 0.15) is 35.3 Å². The molecule has 3 rings (SSSR count). The third-order valence-electron chi connectivity index (χ3n) is 4.10. The predicted molar refractivity (Wildman–Crippen MR) is 89.6 cm³/mol. The molecule has 4 heteroatoms. The van der Waals surface area contributed by atoms with Crippen molar-refractivity contribution in [3.63, 3.8) is 0 Å². The number of hydrogen-bond donors (Lipinski definition) is 2. The second kappa shape index (κ2) is 5.47. The van der Waals surface area contributed by atoms with Crippen LogP contribution in [-0.2, 0) is 0 Å². The summed E-state index contributed by atoms with van der Waals surface area (Å²) in [5.41, 5.74) is 6.20. The third-order valence-corrected chi connectivity index (χ3v) is 4.10. The Morgan fingerprint density at radius 1 is 0.783 bits per heavy atom. The van der Waals surface area contributed by atoms with Crippen LogP contribution >= 0.6 is 0 Å². The van der Waals surface area contributed by atoms with E-state index in [2.05, 4.69) is 9.13 Å². The molecule has 0 fully saturated rings. The van der Waals surface area contributed by atoms with Crippen molar-refractivity contribution >= 4 is 0 Å². The molecule has 0 aliphatic rings. The van der Waals surface area contributed by atoms with Gasteiger partial charge in [-0.2, -0.15) is 0 Å². The molecule has 0 atom stereocenters. The minimum absolute atomic E-state index is 0.286. The monoisotopic (exact) mass is 309 g/mol. The van der Waals surface area contributed by atoms with Gasteiger partial charge in [-0.15, -0.1) is 0 Å². The molecule has 0 aliphatic carbocycles. The van der Waals surface area contributed by atoms with Crippen molar-refractivity contribution in [1.29, 1.82) is 0 Å². The van der Waals surface area contributed by atoms with Gasteiger partial charge >= 0.3 is 0 Å². The zero-order valence-corrected chi connectivity index (χ0v) is 13.8. The second-order valence-corrected chi connectivity index (χ2v) is 6.08. The lowest BCUT2D eigenvalue weighted by atomic mass is 10.1. The summed E-state index contributed by atoms with van der Waals surface area (Å²) in [4.78, 5) is 0. The lowest BCUT2D eigenvalue weighted by Gasteiger charge is -2.07. The van der Waals surface area contributed by atoms with E-state index < -0.39 is 0 Å². The van der Waals surface area contributed by atoms with Crippen LogP contribution in [0.2, 0.25) is 0 Å². The Kier molecular flexibility index (Phi) is 3.60. The van der Waals surface area contributed by atoms with Crippen LogP contribution in [0.4, 0.5) is 0 Å². The summed E-state index contributed by atoms with van der Waals surface area (Å²) in [6.45, 7) is 7.96. The van der Waals surface area contributed by atoms with Gasteiger partial charge in [0.15, 0.2) is 0 Å². The lowest BCUT2D eigenvalue weighted by Crippen LogP contribution is -2.30. The normalized spacial score (nSPS) is 11.0. The van der Waals surface area contributed by atoms with Crippen molar-refractivity contribution in [1.82, 2.24) is 4.57 Å². The third kappa shape index (κ3) is 2.68. The van der Waals surface area contributed by atoms with E-state index in [1.165, 1.54) is 0 Å². The van der Waals surface area contributed by atoms with E-state index in [4.69, 9.17) is 0 Å². The summed E-state index contributed by atoms with van der Waals surface area (Å²) < 4.78 is 4.10. The molecule has 0 saturated carbocycles. The number of phenolic OH excluding ortho intramolecular Hbond substituents is 2. The maximum Gasteiger partial charge on any atom is 0.254 e. The van der Waals surface area contributed by atoms with Crippen LogP contribution in [0.3, 0.4) is 0 Å². The number of rotatable bonds is 2. The average molecular weight is 309 g/mol. The van der Waals surface area contributed by atoms with Gasteiger partial charge in [-0.3, -0.25) is 0 Å². The minimum atomic E-state index is 0.286. The topological polar surface area (TPSA) is 49.3 Å². The summed E-state index contributed by atoms with van der Waals surface area (Å²) in [5.74, 6) is 0.572. The van der Waals surface area contributed by atoms with Crippen LogP contribution in [0.1, 0.15) is 22.3 Å². The molecule has 118 valence electrons. The molecule has 0 bridgehead atoms. The van der Waals surface area contributed by atoms with E-state index in [1.54, 1.807) is 24.3 Å². The van der Waals surface area contributed by atoms with Crippen molar-refractivity contribution in [2.75, 3.05) is 0 Å². The van der Waals surface area contributed by atoms with E-state index >= 15 is 0 Å². The Morgan fingerprint density at radius 2 is 1.26 bits per heavy atom. The summed E-state index contributed by atoms with van der Waals surface area (Å²) in [7, 11) is 0. The number of aromatic hydroxyl groups is 2. The largest absolute Gasteiger partial charge is 0.508 e. The molecule has 0 aliphatic heterocycles. The number of aryl methyl sites for hydroxylation is 4. The molecule has 0 amide bonds. The van der Waals surface area contributed by atoms with Crippen molar-refractivity contribution in [2.24, 2.45) is 0 Å². The van der Waals surface area contributed by atoms with Crippen LogP contribution in [0.5, 0.6) is 11.5 Å². The number of aromatic nitrogens is 2. The molecule has 4 nitrogen and oxygen atoms in total. The Hall–Kier alpha value is -2.75.